The van der Waals surface area contributed by atoms with Crippen LogP contribution in [0, 0.1) is 0 Å². The Kier molecular flexibility index (Phi) is 56.9. The van der Waals surface area contributed by atoms with Crippen molar-refractivity contribution in [3.8, 4) is 0 Å². The number of unbranched alkanes of at least 4 members (excludes halogenated alkanes) is 20. The monoisotopic (exact) mass is 976 g/mol. The minimum absolute atomic E-state index is 0.0891. The fourth-order valence-corrected chi connectivity index (χ4v) is 7.83. The largest absolute Gasteiger partial charge is 0.394 e. The molecule has 0 aromatic carbocycles. The molecular weight excluding hydrogens is 867 g/mol. The smallest absolute Gasteiger partial charge is 0.220 e. The van der Waals surface area contributed by atoms with Crippen LogP contribution < -0.4 is 5.32 Å². The summed E-state index contributed by atoms with van der Waals surface area (Å²) in [5.41, 5.74) is 0. The third kappa shape index (κ3) is 56.8. The van der Waals surface area contributed by atoms with Gasteiger partial charge in [-0.05, 0) is 122 Å². The normalized spacial score (nSPS) is 14.0. The molecule has 2 unspecified atom stereocenters. The van der Waals surface area contributed by atoms with Gasteiger partial charge >= 0.3 is 0 Å². The molecule has 0 rings (SSSR count). The highest BCUT2D eigenvalue weighted by atomic mass is 16.3. The Morgan fingerprint density at radius 3 is 0.986 bits per heavy atom. The molecule has 0 saturated carbocycles. The van der Waals surface area contributed by atoms with Crippen molar-refractivity contribution in [1.82, 2.24) is 5.32 Å². The highest BCUT2D eigenvalue weighted by Crippen LogP contribution is 2.14. The second kappa shape index (κ2) is 60.3. The Labute approximate surface area is 439 Å². The lowest BCUT2D eigenvalue weighted by molar-refractivity contribution is -0.123. The second-order valence-electron chi connectivity index (χ2n) is 19.0. The maximum atomic E-state index is 12.5. The van der Waals surface area contributed by atoms with E-state index < -0.39 is 12.1 Å². The Morgan fingerprint density at radius 1 is 0.352 bits per heavy atom. The standard InChI is InChI=1S/C67H109NO3/c1-3-5-7-9-11-13-15-17-19-21-23-24-25-26-27-28-29-30-31-32-33-34-35-36-37-38-39-40-41-42-43-44-45-47-49-51-53-55-57-59-61-63-67(71)68-65(64-69)66(70)62-60-58-56-54-52-50-48-46-22-20-18-16-14-12-10-8-6-4-2/h5,7,11,13,17,19,22-24,26-27,29-30,32-33,35-36,38-39,41-42,46,52,54,60,62,65-66,69-70H,3-4,6,8-10,12,14-16,18,20-21,25,28,31,34,37,40,43-45,47-51,53,55-59,61,63-64H2,1-2H3,(H,68,71)/b7-5-,13-11-,19-17-,24-23-,27-26-,30-29-,33-32-,36-35-,39-38-,42-41-,46-22+,54-52+,62-60+. The third-order valence-corrected chi connectivity index (χ3v) is 12.2. The van der Waals surface area contributed by atoms with Gasteiger partial charge in [0, 0.05) is 6.42 Å². The van der Waals surface area contributed by atoms with Crippen molar-refractivity contribution in [3.05, 3.63) is 158 Å². The first-order chi connectivity index (χ1) is 35.2. The summed E-state index contributed by atoms with van der Waals surface area (Å²) in [6, 6.07) is -0.659. The number of hydrogen-bond donors (Lipinski definition) is 3. The van der Waals surface area contributed by atoms with Crippen molar-refractivity contribution < 1.29 is 15.0 Å². The minimum Gasteiger partial charge on any atom is -0.394 e. The summed E-state index contributed by atoms with van der Waals surface area (Å²) in [6.45, 7) is 4.16. The average Bonchev–Trinajstić information content (AvgIpc) is 3.37. The number of hydrogen-bond acceptors (Lipinski definition) is 3. The number of aliphatic hydroxyl groups is 2. The number of carbonyl (C=O) groups is 1. The van der Waals surface area contributed by atoms with Crippen molar-refractivity contribution in [1.29, 1.82) is 0 Å². The Bertz CT molecular complexity index is 1530. The van der Waals surface area contributed by atoms with E-state index in [4.69, 9.17) is 0 Å². The number of amides is 1. The van der Waals surface area contributed by atoms with Crippen LogP contribution in [0.5, 0.6) is 0 Å². The molecule has 400 valence electrons. The van der Waals surface area contributed by atoms with Crippen LogP contribution in [-0.4, -0.2) is 34.9 Å². The summed E-state index contributed by atoms with van der Waals surface area (Å²) in [5.74, 6) is -0.0891. The molecule has 0 radical (unpaired) electrons. The third-order valence-electron chi connectivity index (χ3n) is 12.2. The first-order valence-corrected chi connectivity index (χ1v) is 29.2. The Balaban J connectivity index is 3.65. The first-order valence-electron chi connectivity index (χ1n) is 29.2. The van der Waals surface area contributed by atoms with Crippen LogP contribution in [0.4, 0.5) is 0 Å². The van der Waals surface area contributed by atoms with Crippen LogP contribution in [-0.2, 0) is 4.79 Å². The summed E-state index contributed by atoms with van der Waals surface area (Å²) in [7, 11) is 0. The maximum absolute atomic E-state index is 12.5. The van der Waals surface area contributed by atoms with E-state index in [9.17, 15) is 15.0 Å². The highest BCUT2D eigenvalue weighted by molar-refractivity contribution is 5.76. The van der Waals surface area contributed by atoms with Gasteiger partial charge in [-0.1, -0.05) is 268 Å². The summed E-state index contributed by atoms with van der Waals surface area (Å²) < 4.78 is 0. The van der Waals surface area contributed by atoms with E-state index in [-0.39, 0.29) is 12.5 Å². The van der Waals surface area contributed by atoms with E-state index >= 15 is 0 Å². The van der Waals surface area contributed by atoms with Gasteiger partial charge in [-0.15, -0.1) is 0 Å². The SMILES string of the molecule is CC/C=C\C/C=C\C/C=C\C/C=C\C/C=C\C/C=C\C/C=C\C/C=C\C/C=C\C/C=C\CCCCCCCCCCCCC(=O)NC(CO)C(O)/C=C/CC/C=C/CC/C=C/CCCCCCCCCC. The van der Waals surface area contributed by atoms with Gasteiger partial charge < -0.3 is 15.5 Å². The van der Waals surface area contributed by atoms with Gasteiger partial charge in [-0.3, -0.25) is 4.79 Å². The molecule has 0 bridgehead atoms. The molecule has 4 nitrogen and oxygen atoms in total. The summed E-state index contributed by atoms with van der Waals surface area (Å²) in [4.78, 5) is 12.5. The van der Waals surface area contributed by atoms with Crippen molar-refractivity contribution in [2.75, 3.05) is 6.61 Å². The molecule has 3 N–H and O–H groups in total. The molecule has 0 aromatic heterocycles. The maximum Gasteiger partial charge on any atom is 0.220 e. The van der Waals surface area contributed by atoms with Crippen molar-refractivity contribution in [3.63, 3.8) is 0 Å². The van der Waals surface area contributed by atoms with Gasteiger partial charge in [0.05, 0.1) is 18.8 Å². The number of aliphatic hydroxyl groups excluding tert-OH is 2. The molecule has 0 heterocycles. The van der Waals surface area contributed by atoms with Crippen LogP contribution in [0.25, 0.3) is 0 Å². The molecule has 4 heteroatoms. The lowest BCUT2D eigenvalue weighted by Gasteiger charge is -2.19. The molecule has 0 aliphatic rings. The van der Waals surface area contributed by atoms with E-state index in [0.717, 1.165) is 109 Å². The van der Waals surface area contributed by atoms with Gasteiger partial charge in [0.2, 0.25) is 5.91 Å². The first kappa shape index (κ1) is 67.0. The van der Waals surface area contributed by atoms with Crippen molar-refractivity contribution >= 4 is 5.91 Å². The summed E-state index contributed by atoms with van der Waals surface area (Å²) >= 11 is 0. The van der Waals surface area contributed by atoms with Crippen LogP contribution in [0.1, 0.15) is 239 Å². The number of carbonyl (C=O) groups excluding carboxylic acids is 1. The fraction of sp³-hybridized carbons (Fsp3) is 0.597. The zero-order valence-corrected chi connectivity index (χ0v) is 45.9. The van der Waals surface area contributed by atoms with E-state index in [2.05, 4.69) is 165 Å². The highest BCUT2D eigenvalue weighted by Gasteiger charge is 2.17. The lowest BCUT2D eigenvalue weighted by atomic mass is 10.0. The molecule has 0 aliphatic carbocycles. The minimum atomic E-state index is -0.882. The predicted octanol–water partition coefficient (Wildman–Crippen LogP) is 19.7. The molecule has 2 atom stereocenters. The van der Waals surface area contributed by atoms with Gasteiger partial charge in [0.1, 0.15) is 0 Å². The fourth-order valence-electron chi connectivity index (χ4n) is 7.83. The predicted molar refractivity (Wildman–Crippen MR) is 317 cm³/mol. The Morgan fingerprint density at radius 2 is 0.634 bits per heavy atom. The average molecular weight is 977 g/mol. The van der Waals surface area contributed by atoms with Crippen LogP contribution >= 0.6 is 0 Å². The van der Waals surface area contributed by atoms with E-state index in [1.165, 1.54) is 109 Å². The number of nitrogens with one attached hydrogen (secondary N) is 1. The van der Waals surface area contributed by atoms with Gasteiger partial charge in [-0.25, -0.2) is 0 Å². The summed E-state index contributed by atoms with van der Waals surface area (Å²) in [5, 5.41) is 23.1. The van der Waals surface area contributed by atoms with Crippen LogP contribution in [0.2, 0.25) is 0 Å². The quantitative estimate of drug-likeness (QED) is 0.0420. The van der Waals surface area contributed by atoms with Gasteiger partial charge in [-0.2, -0.15) is 0 Å². The second-order valence-corrected chi connectivity index (χ2v) is 19.0. The number of rotatable bonds is 51. The molecule has 1 amide bonds. The van der Waals surface area contributed by atoms with Crippen LogP contribution in [0.3, 0.4) is 0 Å². The van der Waals surface area contributed by atoms with Gasteiger partial charge in [0.15, 0.2) is 0 Å². The van der Waals surface area contributed by atoms with E-state index in [1.54, 1.807) is 6.08 Å². The van der Waals surface area contributed by atoms with Crippen LogP contribution in [0.15, 0.2) is 158 Å². The molecule has 0 spiro atoms. The van der Waals surface area contributed by atoms with E-state index in [1.807, 2.05) is 6.08 Å². The molecule has 0 aromatic rings. The molecule has 71 heavy (non-hydrogen) atoms. The van der Waals surface area contributed by atoms with E-state index in [0.29, 0.717) is 6.42 Å². The van der Waals surface area contributed by atoms with Crippen molar-refractivity contribution in [2.24, 2.45) is 0 Å². The van der Waals surface area contributed by atoms with Crippen molar-refractivity contribution in [2.45, 2.75) is 251 Å². The molecular formula is C67H109NO3. The molecule has 0 aliphatic heterocycles. The Hall–Kier alpha value is -3.99. The number of allylic oxidation sites excluding steroid dienone is 25. The zero-order valence-electron chi connectivity index (χ0n) is 45.9. The summed E-state index contributed by atoms with van der Waals surface area (Å²) in [6.07, 6.45) is 96.8. The topological polar surface area (TPSA) is 69.6 Å². The molecule has 0 fully saturated rings. The molecule has 0 saturated heterocycles. The lowest BCUT2D eigenvalue weighted by Crippen LogP contribution is -2.45. The zero-order chi connectivity index (χ0) is 51.3. The van der Waals surface area contributed by atoms with Gasteiger partial charge in [0.25, 0.3) is 0 Å².